The molecule has 0 aliphatic heterocycles. The molecule has 5 nitrogen and oxygen atoms in total. The van der Waals surface area contributed by atoms with Gasteiger partial charge >= 0.3 is 0 Å². The quantitative estimate of drug-likeness (QED) is 0.910. The molecule has 0 saturated heterocycles. The molecule has 2 rings (SSSR count). The van der Waals surface area contributed by atoms with Crippen LogP contribution in [0.2, 0.25) is 0 Å². The third kappa shape index (κ3) is 2.68. The molecule has 1 unspecified atom stereocenters. The summed E-state index contributed by atoms with van der Waals surface area (Å²) in [6.07, 6.45) is 3.07. The van der Waals surface area contributed by atoms with Crippen molar-refractivity contribution in [1.29, 1.82) is 0 Å². The van der Waals surface area contributed by atoms with E-state index in [9.17, 15) is 0 Å². The standard InChI is InChI=1S/C12H22N4O.ClH/c1-8(2)9(16(3)4)10-14-11(15-17-10)12(13)6-5-7-12;/h8-9H,5-7,13H2,1-4H3;1H. The van der Waals surface area contributed by atoms with Crippen LogP contribution in [0.3, 0.4) is 0 Å². The highest BCUT2D eigenvalue weighted by Crippen LogP contribution is 2.37. The lowest BCUT2D eigenvalue weighted by atomic mass is 9.77. The van der Waals surface area contributed by atoms with E-state index in [1.165, 1.54) is 0 Å². The molecule has 0 amide bonds. The molecule has 1 atom stereocenters. The van der Waals surface area contributed by atoms with Gasteiger partial charge in [-0.25, -0.2) is 0 Å². The molecule has 104 valence electrons. The molecule has 1 saturated carbocycles. The Morgan fingerprint density at radius 3 is 2.33 bits per heavy atom. The first-order valence-corrected chi connectivity index (χ1v) is 6.23. The smallest absolute Gasteiger partial charge is 0.244 e. The molecule has 0 spiro atoms. The van der Waals surface area contributed by atoms with Crippen molar-refractivity contribution in [3.8, 4) is 0 Å². The molecular weight excluding hydrogens is 252 g/mol. The average Bonchev–Trinajstić information content (AvgIpc) is 2.62. The number of hydrogen-bond donors (Lipinski definition) is 1. The summed E-state index contributed by atoms with van der Waals surface area (Å²) in [5.74, 6) is 1.77. The molecule has 1 heterocycles. The normalized spacial score (nSPS) is 19.5. The van der Waals surface area contributed by atoms with Crippen LogP contribution < -0.4 is 5.73 Å². The van der Waals surface area contributed by atoms with Gasteiger partial charge < -0.3 is 10.3 Å². The van der Waals surface area contributed by atoms with Crippen molar-refractivity contribution >= 4 is 12.4 Å². The van der Waals surface area contributed by atoms with E-state index in [0.717, 1.165) is 19.3 Å². The molecule has 1 aromatic heterocycles. The molecule has 1 fully saturated rings. The molecule has 2 N–H and O–H groups in total. The summed E-state index contributed by atoms with van der Waals surface area (Å²) in [4.78, 5) is 6.61. The number of halogens is 1. The second kappa shape index (κ2) is 5.55. The summed E-state index contributed by atoms with van der Waals surface area (Å²) in [6, 6.07) is 0.153. The summed E-state index contributed by atoms with van der Waals surface area (Å²) < 4.78 is 5.39. The third-order valence-corrected chi connectivity index (χ3v) is 3.57. The molecule has 1 aromatic rings. The largest absolute Gasteiger partial charge is 0.338 e. The molecule has 1 aliphatic carbocycles. The van der Waals surface area contributed by atoms with Crippen LogP contribution in [-0.2, 0) is 5.54 Å². The number of nitrogens with two attached hydrogens (primary N) is 1. The SMILES string of the molecule is CC(C)C(c1nc(C2(N)CCC2)no1)N(C)C.Cl. The van der Waals surface area contributed by atoms with Crippen LogP contribution in [0, 0.1) is 5.92 Å². The van der Waals surface area contributed by atoms with E-state index in [1.807, 2.05) is 14.1 Å². The van der Waals surface area contributed by atoms with E-state index >= 15 is 0 Å². The van der Waals surface area contributed by atoms with E-state index in [-0.39, 0.29) is 24.0 Å². The Kier molecular flexibility index (Phi) is 4.75. The van der Waals surface area contributed by atoms with Crippen molar-refractivity contribution < 1.29 is 4.52 Å². The fourth-order valence-corrected chi connectivity index (χ4v) is 2.44. The predicted molar refractivity (Wildman–Crippen MR) is 72.5 cm³/mol. The molecule has 0 aromatic carbocycles. The first-order chi connectivity index (χ1) is 7.94. The zero-order valence-electron chi connectivity index (χ0n) is 11.5. The maximum absolute atomic E-state index is 6.19. The summed E-state index contributed by atoms with van der Waals surface area (Å²) >= 11 is 0. The summed E-state index contributed by atoms with van der Waals surface area (Å²) in [5.41, 5.74) is 5.85. The Balaban J connectivity index is 0.00000162. The zero-order chi connectivity index (χ0) is 12.6. The van der Waals surface area contributed by atoms with Crippen molar-refractivity contribution in [2.45, 2.75) is 44.7 Å². The van der Waals surface area contributed by atoms with E-state index in [1.54, 1.807) is 0 Å². The summed E-state index contributed by atoms with van der Waals surface area (Å²) in [7, 11) is 4.05. The van der Waals surface area contributed by atoms with Gasteiger partial charge in [0.2, 0.25) is 5.89 Å². The second-order valence-corrected chi connectivity index (χ2v) is 5.62. The van der Waals surface area contributed by atoms with Gasteiger partial charge in [0.25, 0.3) is 0 Å². The highest BCUT2D eigenvalue weighted by molar-refractivity contribution is 5.85. The number of rotatable bonds is 4. The van der Waals surface area contributed by atoms with Crippen molar-refractivity contribution in [1.82, 2.24) is 15.0 Å². The van der Waals surface area contributed by atoms with Gasteiger partial charge in [0.15, 0.2) is 5.82 Å². The van der Waals surface area contributed by atoms with Gasteiger partial charge in [0, 0.05) is 0 Å². The van der Waals surface area contributed by atoms with Crippen molar-refractivity contribution in [3.63, 3.8) is 0 Å². The van der Waals surface area contributed by atoms with E-state index in [4.69, 9.17) is 10.3 Å². The highest BCUT2D eigenvalue weighted by Gasteiger charge is 2.39. The monoisotopic (exact) mass is 274 g/mol. The van der Waals surface area contributed by atoms with Gasteiger partial charge in [-0.2, -0.15) is 4.98 Å². The number of aromatic nitrogens is 2. The van der Waals surface area contributed by atoms with Crippen LogP contribution in [0.1, 0.15) is 50.9 Å². The first kappa shape index (κ1) is 15.4. The lowest BCUT2D eigenvalue weighted by Gasteiger charge is -2.34. The average molecular weight is 275 g/mol. The third-order valence-electron chi connectivity index (χ3n) is 3.57. The minimum Gasteiger partial charge on any atom is -0.338 e. The van der Waals surface area contributed by atoms with Gasteiger partial charge in [-0.3, -0.25) is 4.90 Å². The first-order valence-electron chi connectivity index (χ1n) is 6.23. The van der Waals surface area contributed by atoms with Crippen LogP contribution in [-0.4, -0.2) is 29.1 Å². The fourth-order valence-electron chi connectivity index (χ4n) is 2.44. The molecule has 0 bridgehead atoms. The second-order valence-electron chi connectivity index (χ2n) is 5.62. The van der Waals surface area contributed by atoms with Crippen LogP contribution in [0.4, 0.5) is 0 Å². The fraction of sp³-hybridized carbons (Fsp3) is 0.833. The maximum Gasteiger partial charge on any atom is 0.244 e. The number of hydrogen-bond acceptors (Lipinski definition) is 5. The Morgan fingerprint density at radius 1 is 1.33 bits per heavy atom. The van der Waals surface area contributed by atoms with E-state index in [0.29, 0.717) is 17.6 Å². The van der Waals surface area contributed by atoms with Gasteiger partial charge in [-0.1, -0.05) is 19.0 Å². The Hall–Kier alpha value is -0.650. The molecule has 0 radical (unpaired) electrons. The van der Waals surface area contributed by atoms with Crippen LogP contribution in [0.15, 0.2) is 4.52 Å². The summed E-state index contributed by atoms with van der Waals surface area (Å²) in [5, 5.41) is 4.06. The lowest BCUT2D eigenvalue weighted by Crippen LogP contribution is -2.44. The minimum atomic E-state index is -0.338. The van der Waals surface area contributed by atoms with Crippen LogP contribution in [0.25, 0.3) is 0 Å². The van der Waals surface area contributed by atoms with E-state index in [2.05, 4.69) is 28.9 Å². The maximum atomic E-state index is 6.19. The number of nitrogens with zero attached hydrogens (tertiary/aromatic N) is 3. The van der Waals surface area contributed by atoms with Crippen molar-refractivity contribution in [2.24, 2.45) is 11.7 Å². The predicted octanol–water partition coefficient (Wildman–Crippen LogP) is 2.09. The van der Waals surface area contributed by atoms with Crippen LogP contribution >= 0.6 is 12.4 Å². The topological polar surface area (TPSA) is 68.2 Å². The van der Waals surface area contributed by atoms with Gasteiger partial charge in [0.05, 0.1) is 11.6 Å². The zero-order valence-corrected chi connectivity index (χ0v) is 12.3. The van der Waals surface area contributed by atoms with Gasteiger partial charge in [0.1, 0.15) is 0 Å². The van der Waals surface area contributed by atoms with Gasteiger partial charge in [-0.15, -0.1) is 12.4 Å². The minimum absolute atomic E-state index is 0. The van der Waals surface area contributed by atoms with Crippen LogP contribution in [0.5, 0.6) is 0 Å². The molecule has 1 aliphatic rings. The van der Waals surface area contributed by atoms with Crippen molar-refractivity contribution in [3.05, 3.63) is 11.7 Å². The Labute approximate surface area is 115 Å². The summed E-state index contributed by atoms with van der Waals surface area (Å²) in [6.45, 7) is 4.30. The molecule has 6 heteroatoms. The lowest BCUT2D eigenvalue weighted by molar-refractivity contribution is 0.180. The van der Waals surface area contributed by atoms with Gasteiger partial charge in [-0.05, 0) is 39.3 Å². The Morgan fingerprint density at radius 2 is 1.94 bits per heavy atom. The Bertz CT molecular complexity index is 379. The highest BCUT2D eigenvalue weighted by atomic mass is 35.5. The molecular formula is C12H23ClN4O. The molecule has 18 heavy (non-hydrogen) atoms. The van der Waals surface area contributed by atoms with Crippen molar-refractivity contribution in [2.75, 3.05) is 14.1 Å². The van der Waals surface area contributed by atoms with E-state index < -0.39 is 0 Å².